The number of nitrogen functional groups attached to an aromatic ring is 1. The van der Waals surface area contributed by atoms with Crippen molar-refractivity contribution in [3.8, 4) is 0 Å². The zero-order valence-corrected chi connectivity index (χ0v) is 12.1. The Hall–Kier alpha value is -2.09. The third kappa shape index (κ3) is 3.94. The van der Waals surface area contributed by atoms with Gasteiger partial charge in [-0.1, -0.05) is 24.3 Å². The van der Waals surface area contributed by atoms with Crippen molar-refractivity contribution in [3.05, 3.63) is 53.6 Å². The minimum Gasteiger partial charge on any atom is -0.397 e. The molecule has 2 aromatic rings. The largest absolute Gasteiger partial charge is 0.397 e. The third-order valence-corrected chi connectivity index (χ3v) is 3.92. The van der Waals surface area contributed by atoms with Gasteiger partial charge < -0.3 is 16.2 Å². The normalized spacial score (nSPS) is 11.3. The summed E-state index contributed by atoms with van der Waals surface area (Å²) in [5, 5.41) is 17.3. The molecule has 0 atom stereocenters. The predicted molar refractivity (Wildman–Crippen MR) is 81.9 cm³/mol. The summed E-state index contributed by atoms with van der Waals surface area (Å²) in [7, 11) is -3.76. The Labute approximate surface area is 123 Å². The second-order valence-electron chi connectivity index (χ2n) is 4.63. The zero-order chi connectivity index (χ0) is 15.5. The van der Waals surface area contributed by atoms with E-state index >= 15 is 0 Å². The van der Waals surface area contributed by atoms with E-state index in [2.05, 4.69) is 5.32 Å². The fraction of sp³-hybridized carbons (Fsp3) is 0.143. The molecule has 112 valence electrons. The van der Waals surface area contributed by atoms with Crippen LogP contribution < -0.4 is 16.2 Å². The summed E-state index contributed by atoms with van der Waals surface area (Å²) in [6, 6.07) is 11.7. The van der Waals surface area contributed by atoms with Crippen molar-refractivity contribution >= 4 is 21.4 Å². The van der Waals surface area contributed by atoms with E-state index < -0.39 is 10.0 Å². The van der Waals surface area contributed by atoms with Crippen molar-refractivity contribution in [2.75, 3.05) is 11.1 Å². The number of rotatable bonds is 5. The Morgan fingerprint density at radius 2 is 1.81 bits per heavy atom. The van der Waals surface area contributed by atoms with Gasteiger partial charge in [0, 0.05) is 6.54 Å². The molecule has 0 aliphatic rings. The van der Waals surface area contributed by atoms with Crippen LogP contribution in [0.15, 0.2) is 47.4 Å². The van der Waals surface area contributed by atoms with Crippen LogP contribution in [0.1, 0.15) is 11.1 Å². The first-order valence-corrected chi connectivity index (χ1v) is 7.79. The Bertz CT molecular complexity index is 745. The number of sulfonamides is 1. The van der Waals surface area contributed by atoms with E-state index in [9.17, 15) is 8.42 Å². The molecule has 7 heteroatoms. The number of anilines is 2. The quantitative estimate of drug-likeness (QED) is 0.615. The first-order chi connectivity index (χ1) is 9.90. The predicted octanol–water partition coefficient (Wildman–Crippen LogP) is 1.02. The summed E-state index contributed by atoms with van der Waals surface area (Å²) in [4.78, 5) is 0.00306. The van der Waals surface area contributed by atoms with Crippen LogP contribution in [0.2, 0.25) is 0 Å². The molecule has 0 amide bonds. The van der Waals surface area contributed by atoms with Crippen LogP contribution in [0.3, 0.4) is 0 Å². The van der Waals surface area contributed by atoms with E-state index in [-0.39, 0.29) is 11.5 Å². The second kappa shape index (κ2) is 6.13. The number of benzene rings is 2. The number of hydrogen-bond acceptors (Lipinski definition) is 5. The van der Waals surface area contributed by atoms with Gasteiger partial charge in [0.25, 0.3) is 0 Å². The first-order valence-electron chi connectivity index (χ1n) is 6.25. The second-order valence-corrected chi connectivity index (χ2v) is 6.19. The Morgan fingerprint density at radius 1 is 1.10 bits per heavy atom. The summed E-state index contributed by atoms with van der Waals surface area (Å²) < 4.78 is 22.7. The van der Waals surface area contributed by atoms with Crippen LogP contribution in [0.5, 0.6) is 0 Å². The van der Waals surface area contributed by atoms with Gasteiger partial charge in [-0.25, -0.2) is 13.6 Å². The smallest absolute Gasteiger partial charge is 0.238 e. The van der Waals surface area contributed by atoms with Crippen LogP contribution in [-0.2, 0) is 23.2 Å². The van der Waals surface area contributed by atoms with E-state index in [1.807, 2.05) is 24.3 Å². The Morgan fingerprint density at radius 3 is 2.48 bits per heavy atom. The van der Waals surface area contributed by atoms with Crippen LogP contribution in [0, 0.1) is 0 Å². The standard InChI is InChI=1S/C14H17N3O3S/c15-13-5-4-12(21(16,19)20)7-14(13)17-8-10-2-1-3-11(6-10)9-18/h1-7,17-18H,8-9,15H2,(H2,16,19,20). The Balaban J connectivity index is 2.19. The molecule has 0 unspecified atom stereocenters. The van der Waals surface area contributed by atoms with Gasteiger partial charge in [-0.15, -0.1) is 0 Å². The number of aliphatic hydroxyl groups is 1. The highest BCUT2D eigenvalue weighted by Crippen LogP contribution is 2.23. The van der Waals surface area contributed by atoms with Crippen molar-refractivity contribution in [2.24, 2.45) is 5.14 Å². The van der Waals surface area contributed by atoms with Crippen molar-refractivity contribution in [3.63, 3.8) is 0 Å². The van der Waals surface area contributed by atoms with Gasteiger partial charge in [0.15, 0.2) is 0 Å². The number of primary sulfonamides is 1. The lowest BCUT2D eigenvalue weighted by atomic mass is 10.1. The molecule has 6 N–H and O–H groups in total. The van der Waals surface area contributed by atoms with Gasteiger partial charge in [0.05, 0.1) is 22.9 Å². The molecule has 21 heavy (non-hydrogen) atoms. The van der Waals surface area contributed by atoms with E-state index in [1.165, 1.54) is 18.2 Å². The molecule has 0 radical (unpaired) electrons. The molecular formula is C14H17N3O3S. The van der Waals surface area contributed by atoms with Crippen LogP contribution in [0.4, 0.5) is 11.4 Å². The molecule has 0 aliphatic heterocycles. The molecule has 0 aliphatic carbocycles. The van der Waals surface area contributed by atoms with Gasteiger partial charge in [0.2, 0.25) is 10.0 Å². The fourth-order valence-electron chi connectivity index (χ4n) is 1.90. The summed E-state index contributed by atoms with van der Waals surface area (Å²) in [5.74, 6) is 0. The fourth-order valence-corrected chi connectivity index (χ4v) is 2.44. The lowest BCUT2D eigenvalue weighted by molar-refractivity contribution is 0.281. The molecule has 2 aromatic carbocycles. The van der Waals surface area contributed by atoms with E-state index in [0.717, 1.165) is 11.1 Å². The van der Waals surface area contributed by atoms with E-state index in [4.69, 9.17) is 16.0 Å². The SMILES string of the molecule is Nc1ccc(S(N)(=O)=O)cc1NCc1cccc(CO)c1. The Kier molecular flexibility index (Phi) is 4.46. The average Bonchev–Trinajstić information content (AvgIpc) is 2.45. The maximum Gasteiger partial charge on any atom is 0.238 e. The van der Waals surface area contributed by atoms with Gasteiger partial charge in [-0.2, -0.15) is 0 Å². The molecule has 2 rings (SSSR count). The third-order valence-electron chi connectivity index (χ3n) is 3.01. The number of nitrogens with one attached hydrogen (secondary N) is 1. The van der Waals surface area contributed by atoms with Gasteiger partial charge in [-0.05, 0) is 29.3 Å². The summed E-state index contributed by atoms with van der Waals surface area (Å²) >= 11 is 0. The minimum absolute atomic E-state index is 0.00306. The number of aliphatic hydroxyl groups excluding tert-OH is 1. The topological polar surface area (TPSA) is 118 Å². The minimum atomic E-state index is -3.76. The molecule has 0 saturated heterocycles. The first kappa shape index (κ1) is 15.3. The lowest BCUT2D eigenvalue weighted by Gasteiger charge is -2.11. The molecule has 0 fully saturated rings. The number of nitrogens with two attached hydrogens (primary N) is 2. The van der Waals surface area contributed by atoms with Crippen molar-refractivity contribution < 1.29 is 13.5 Å². The molecule has 0 heterocycles. The number of hydrogen-bond donors (Lipinski definition) is 4. The van der Waals surface area contributed by atoms with Gasteiger partial charge >= 0.3 is 0 Å². The van der Waals surface area contributed by atoms with Gasteiger partial charge in [0.1, 0.15) is 0 Å². The highest BCUT2D eigenvalue weighted by Gasteiger charge is 2.10. The molecule has 0 bridgehead atoms. The van der Waals surface area contributed by atoms with Crippen LogP contribution in [0.25, 0.3) is 0 Å². The summed E-state index contributed by atoms with van der Waals surface area (Å²) in [5.41, 5.74) is 8.49. The van der Waals surface area contributed by atoms with E-state index in [0.29, 0.717) is 17.9 Å². The molecule has 6 nitrogen and oxygen atoms in total. The lowest BCUT2D eigenvalue weighted by Crippen LogP contribution is -2.13. The highest BCUT2D eigenvalue weighted by atomic mass is 32.2. The zero-order valence-electron chi connectivity index (χ0n) is 11.3. The molecule has 0 spiro atoms. The van der Waals surface area contributed by atoms with Crippen molar-refractivity contribution in [2.45, 2.75) is 18.0 Å². The van der Waals surface area contributed by atoms with Gasteiger partial charge in [-0.3, -0.25) is 0 Å². The molecular weight excluding hydrogens is 290 g/mol. The monoisotopic (exact) mass is 307 g/mol. The van der Waals surface area contributed by atoms with E-state index in [1.54, 1.807) is 0 Å². The van der Waals surface area contributed by atoms with Crippen LogP contribution in [-0.4, -0.2) is 13.5 Å². The maximum atomic E-state index is 11.3. The van der Waals surface area contributed by atoms with Crippen molar-refractivity contribution in [1.29, 1.82) is 0 Å². The average molecular weight is 307 g/mol. The summed E-state index contributed by atoms with van der Waals surface area (Å²) in [6.45, 7) is 0.420. The van der Waals surface area contributed by atoms with Crippen LogP contribution >= 0.6 is 0 Å². The summed E-state index contributed by atoms with van der Waals surface area (Å²) in [6.07, 6.45) is 0. The molecule has 0 aromatic heterocycles. The molecule has 0 saturated carbocycles. The maximum absolute atomic E-state index is 11.3. The van der Waals surface area contributed by atoms with Crippen molar-refractivity contribution in [1.82, 2.24) is 0 Å². The highest BCUT2D eigenvalue weighted by molar-refractivity contribution is 7.89.